The Morgan fingerprint density at radius 3 is 1.85 bits per heavy atom. The van der Waals surface area contributed by atoms with Crippen molar-refractivity contribution in [1.82, 2.24) is 10.6 Å². The molecule has 2 atom stereocenters. The zero-order valence-electron chi connectivity index (χ0n) is 8.81. The fraction of sp³-hybridized carbons (Fsp3) is 1.00. The second-order valence-corrected chi connectivity index (χ2v) is 3.57. The summed E-state index contributed by atoms with van der Waals surface area (Å²) in [4.78, 5) is 0. The number of nitrogens with one attached hydrogen (secondary N) is 2. The van der Waals surface area contributed by atoms with E-state index in [0.717, 1.165) is 26.2 Å². The molecule has 2 N–H and O–H groups in total. The smallest absolute Gasteiger partial charge is 0.0704 e. The molecule has 78 valence electrons. The van der Waals surface area contributed by atoms with Crippen molar-refractivity contribution in [3.05, 3.63) is 0 Å². The molecular weight excluding hydrogens is 164 g/mol. The van der Waals surface area contributed by atoms with Crippen molar-refractivity contribution in [2.75, 3.05) is 26.2 Å². The van der Waals surface area contributed by atoms with Gasteiger partial charge >= 0.3 is 0 Å². The van der Waals surface area contributed by atoms with Crippen LogP contribution in [0.3, 0.4) is 0 Å². The predicted molar refractivity (Wildman–Crippen MR) is 55.0 cm³/mol. The van der Waals surface area contributed by atoms with E-state index in [0.29, 0.717) is 12.2 Å². The maximum absolute atomic E-state index is 5.84. The Bertz CT molecular complexity index is 116. The van der Waals surface area contributed by atoms with Crippen LogP contribution < -0.4 is 10.6 Å². The average molecular weight is 186 g/mol. The van der Waals surface area contributed by atoms with Gasteiger partial charge in [0, 0.05) is 13.1 Å². The van der Waals surface area contributed by atoms with Crippen LogP contribution in [0.15, 0.2) is 0 Å². The molecule has 1 saturated heterocycles. The molecule has 1 fully saturated rings. The van der Waals surface area contributed by atoms with Gasteiger partial charge in [-0.3, -0.25) is 0 Å². The molecule has 0 radical (unpaired) electrons. The average Bonchev–Trinajstić information content (AvgIpc) is 2.59. The Balaban J connectivity index is 2.05. The van der Waals surface area contributed by atoms with Gasteiger partial charge in [-0.2, -0.15) is 0 Å². The summed E-state index contributed by atoms with van der Waals surface area (Å²) in [6.07, 6.45) is 3.32. The molecule has 1 aliphatic rings. The highest BCUT2D eigenvalue weighted by Gasteiger charge is 2.23. The lowest BCUT2D eigenvalue weighted by molar-refractivity contribution is 0.0463. The number of ether oxygens (including phenoxy) is 1. The van der Waals surface area contributed by atoms with Gasteiger partial charge in [-0.1, -0.05) is 13.8 Å². The van der Waals surface area contributed by atoms with Gasteiger partial charge in [0.25, 0.3) is 0 Å². The van der Waals surface area contributed by atoms with Crippen LogP contribution in [0.25, 0.3) is 0 Å². The molecule has 1 rings (SSSR count). The molecule has 1 heterocycles. The first-order chi connectivity index (χ1) is 6.36. The monoisotopic (exact) mass is 186 g/mol. The maximum Gasteiger partial charge on any atom is 0.0704 e. The van der Waals surface area contributed by atoms with E-state index in [1.54, 1.807) is 0 Å². The van der Waals surface area contributed by atoms with Crippen molar-refractivity contribution in [3.63, 3.8) is 0 Å². The largest absolute Gasteiger partial charge is 0.372 e. The second-order valence-electron chi connectivity index (χ2n) is 3.57. The predicted octanol–water partition coefficient (Wildman–Crippen LogP) is 0.753. The first kappa shape index (κ1) is 11.0. The van der Waals surface area contributed by atoms with Gasteiger partial charge in [0.05, 0.1) is 12.2 Å². The van der Waals surface area contributed by atoms with E-state index in [-0.39, 0.29) is 0 Å². The zero-order valence-corrected chi connectivity index (χ0v) is 8.81. The van der Waals surface area contributed by atoms with Gasteiger partial charge in [0.15, 0.2) is 0 Å². The first-order valence-electron chi connectivity index (χ1n) is 5.43. The lowest BCUT2D eigenvalue weighted by atomic mass is 10.2. The lowest BCUT2D eigenvalue weighted by Crippen LogP contribution is -2.30. The zero-order chi connectivity index (χ0) is 9.52. The van der Waals surface area contributed by atoms with Crippen molar-refractivity contribution < 1.29 is 4.74 Å². The van der Waals surface area contributed by atoms with Gasteiger partial charge < -0.3 is 15.4 Å². The number of likely N-dealkylation sites (N-methyl/N-ethyl adjacent to an activating group) is 2. The highest BCUT2D eigenvalue weighted by molar-refractivity contribution is 4.76. The third kappa shape index (κ3) is 4.07. The molecular formula is C10H22N2O. The molecule has 0 amide bonds. The standard InChI is InChI=1S/C10H22N2O/c1-3-11-7-9-5-6-10(13-9)8-12-4-2/h9-12H,3-8H2,1-2H3/t9-,10+. The summed E-state index contributed by atoms with van der Waals surface area (Å²) in [5.74, 6) is 0. The van der Waals surface area contributed by atoms with Crippen molar-refractivity contribution in [2.24, 2.45) is 0 Å². The lowest BCUT2D eigenvalue weighted by Gasteiger charge is -2.13. The van der Waals surface area contributed by atoms with Gasteiger partial charge in [0.1, 0.15) is 0 Å². The van der Waals surface area contributed by atoms with Gasteiger partial charge in [-0.05, 0) is 25.9 Å². The molecule has 3 heteroatoms. The van der Waals surface area contributed by atoms with Gasteiger partial charge in [-0.15, -0.1) is 0 Å². The van der Waals surface area contributed by atoms with E-state index in [9.17, 15) is 0 Å². The number of rotatable bonds is 6. The van der Waals surface area contributed by atoms with E-state index in [4.69, 9.17) is 4.74 Å². The highest BCUT2D eigenvalue weighted by atomic mass is 16.5. The minimum Gasteiger partial charge on any atom is -0.372 e. The van der Waals surface area contributed by atoms with Crippen LogP contribution in [0.4, 0.5) is 0 Å². The summed E-state index contributed by atoms with van der Waals surface area (Å²) >= 11 is 0. The minimum atomic E-state index is 0.448. The Labute approximate surface area is 81.2 Å². The fourth-order valence-corrected chi connectivity index (χ4v) is 1.69. The normalized spacial score (nSPS) is 28.2. The molecule has 13 heavy (non-hydrogen) atoms. The van der Waals surface area contributed by atoms with Crippen LogP contribution in [-0.2, 0) is 4.74 Å². The van der Waals surface area contributed by atoms with Crippen LogP contribution in [0, 0.1) is 0 Å². The molecule has 0 spiro atoms. The fourth-order valence-electron chi connectivity index (χ4n) is 1.69. The van der Waals surface area contributed by atoms with E-state index < -0.39 is 0 Å². The van der Waals surface area contributed by atoms with Crippen molar-refractivity contribution >= 4 is 0 Å². The SMILES string of the molecule is CCNC[C@H]1CC[C@@H](CNCC)O1. The van der Waals surface area contributed by atoms with Crippen LogP contribution in [0.2, 0.25) is 0 Å². The first-order valence-corrected chi connectivity index (χ1v) is 5.43. The molecule has 0 unspecified atom stereocenters. The number of hydrogen-bond acceptors (Lipinski definition) is 3. The molecule has 0 bridgehead atoms. The van der Waals surface area contributed by atoms with Crippen molar-refractivity contribution in [1.29, 1.82) is 0 Å². The molecule has 0 saturated carbocycles. The summed E-state index contributed by atoms with van der Waals surface area (Å²) < 4.78 is 5.84. The third-order valence-corrected chi connectivity index (χ3v) is 2.44. The van der Waals surface area contributed by atoms with Gasteiger partial charge in [0.2, 0.25) is 0 Å². The van der Waals surface area contributed by atoms with E-state index >= 15 is 0 Å². The third-order valence-electron chi connectivity index (χ3n) is 2.44. The minimum absolute atomic E-state index is 0.448. The van der Waals surface area contributed by atoms with E-state index in [2.05, 4.69) is 24.5 Å². The Kier molecular flexibility index (Phi) is 5.35. The second kappa shape index (κ2) is 6.35. The molecule has 0 aromatic rings. The molecule has 0 aromatic heterocycles. The van der Waals surface area contributed by atoms with Crippen LogP contribution >= 0.6 is 0 Å². The molecule has 0 aliphatic carbocycles. The summed E-state index contributed by atoms with van der Waals surface area (Å²) in [6, 6.07) is 0. The van der Waals surface area contributed by atoms with Crippen LogP contribution in [-0.4, -0.2) is 38.4 Å². The Hall–Kier alpha value is -0.120. The molecule has 1 aliphatic heterocycles. The summed E-state index contributed by atoms with van der Waals surface area (Å²) in [7, 11) is 0. The summed E-state index contributed by atoms with van der Waals surface area (Å²) in [6.45, 7) is 8.36. The van der Waals surface area contributed by atoms with E-state index in [1.165, 1.54) is 12.8 Å². The number of hydrogen-bond donors (Lipinski definition) is 2. The Morgan fingerprint density at radius 1 is 1.00 bits per heavy atom. The summed E-state index contributed by atoms with van der Waals surface area (Å²) in [5, 5.41) is 6.64. The highest BCUT2D eigenvalue weighted by Crippen LogP contribution is 2.18. The molecule has 0 aromatic carbocycles. The topological polar surface area (TPSA) is 33.3 Å². The Morgan fingerprint density at radius 2 is 1.46 bits per heavy atom. The molecule has 3 nitrogen and oxygen atoms in total. The van der Waals surface area contributed by atoms with Crippen LogP contribution in [0.5, 0.6) is 0 Å². The maximum atomic E-state index is 5.84. The summed E-state index contributed by atoms with van der Waals surface area (Å²) in [5.41, 5.74) is 0. The van der Waals surface area contributed by atoms with Crippen molar-refractivity contribution in [2.45, 2.75) is 38.9 Å². The van der Waals surface area contributed by atoms with Gasteiger partial charge in [-0.25, -0.2) is 0 Å². The van der Waals surface area contributed by atoms with Crippen LogP contribution in [0.1, 0.15) is 26.7 Å². The van der Waals surface area contributed by atoms with E-state index in [1.807, 2.05) is 0 Å². The quantitative estimate of drug-likeness (QED) is 0.642. The van der Waals surface area contributed by atoms with Crippen molar-refractivity contribution in [3.8, 4) is 0 Å².